The summed E-state index contributed by atoms with van der Waals surface area (Å²) >= 11 is 0. The molecule has 0 aliphatic heterocycles. The Labute approximate surface area is 135 Å². The number of hydrogen-bond donors (Lipinski definition) is 1. The summed E-state index contributed by atoms with van der Waals surface area (Å²) in [5.41, 5.74) is 2.87. The molecule has 1 aromatic carbocycles. The zero-order valence-electron chi connectivity index (χ0n) is 13.2. The van der Waals surface area contributed by atoms with Crippen LogP contribution in [0.2, 0.25) is 0 Å². The van der Waals surface area contributed by atoms with Crippen molar-refractivity contribution in [1.82, 2.24) is 9.78 Å². The maximum atomic E-state index is 12.2. The molecule has 5 heteroatoms. The molecule has 0 spiro atoms. The fourth-order valence-corrected chi connectivity index (χ4v) is 2.44. The van der Waals surface area contributed by atoms with E-state index in [-0.39, 0.29) is 0 Å². The minimum atomic E-state index is -0.521. The highest BCUT2D eigenvalue weighted by Gasteiger charge is 2.18. The Balaban J connectivity index is 1.83. The second-order valence-corrected chi connectivity index (χ2v) is 5.42. The van der Waals surface area contributed by atoms with Crippen LogP contribution in [0.4, 0.5) is 10.6 Å². The van der Waals surface area contributed by atoms with Crippen LogP contribution < -0.4 is 10.1 Å². The molecule has 1 aromatic heterocycles. The van der Waals surface area contributed by atoms with Gasteiger partial charge >= 0.3 is 6.09 Å². The van der Waals surface area contributed by atoms with Gasteiger partial charge in [0.15, 0.2) is 0 Å². The summed E-state index contributed by atoms with van der Waals surface area (Å²) < 4.78 is 7.09. The number of carbonyl (C=O) groups excluding carboxylic acids is 1. The number of aromatic nitrogens is 2. The number of benzene rings is 1. The lowest BCUT2D eigenvalue weighted by molar-refractivity contribution is 0.215. The second kappa shape index (κ2) is 6.52. The number of aryl methyl sites for hydroxylation is 1. The fourth-order valence-electron chi connectivity index (χ4n) is 2.44. The number of para-hydroxylation sites is 1. The Hall–Kier alpha value is -2.82. The molecule has 1 aliphatic rings. The van der Waals surface area contributed by atoms with E-state index in [9.17, 15) is 4.79 Å². The average molecular weight is 309 g/mol. The summed E-state index contributed by atoms with van der Waals surface area (Å²) in [6.45, 7) is 3.87. The number of amides is 1. The third-order valence-corrected chi connectivity index (χ3v) is 3.80. The third-order valence-electron chi connectivity index (χ3n) is 3.80. The lowest BCUT2D eigenvalue weighted by Gasteiger charge is -2.14. The molecule has 118 valence electrons. The van der Waals surface area contributed by atoms with E-state index in [1.165, 1.54) is 0 Å². The zero-order chi connectivity index (χ0) is 16.2. The van der Waals surface area contributed by atoms with Crippen molar-refractivity contribution < 1.29 is 9.53 Å². The molecule has 5 nitrogen and oxygen atoms in total. The number of hydrogen-bond acceptors (Lipinski definition) is 3. The summed E-state index contributed by atoms with van der Waals surface area (Å²) in [5, 5.41) is 7.36. The van der Waals surface area contributed by atoms with Crippen molar-refractivity contribution in [2.75, 3.05) is 5.32 Å². The Morgan fingerprint density at radius 3 is 2.74 bits per heavy atom. The van der Waals surface area contributed by atoms with Crippen molar-refractivity contribution >= 4 is 17.6 Å². The second-order valence-electron chi connectivity index (χ2n) is 5.42. The predicted octanol–water partition coefficient (Wildman–Crippen LogP) is 4.30. The highest BCUT2D eigenvalue weighted by atomic mass is 16.6. The van der Waals surface area contributed by atoms with Crippen molar-refractivity contribution in [2.24, 2.45) is 0 Å². The molecule has 0 saturated heterocycles. The van der Waals surface area contributed by atoms with Crippen molar-refractivity contribution in [1.29, 1.82) is 0 Å². The van der Waals surface area contributed by atoms with Gasteiger partial charge in [-0.2, -0.15) is 5.10 Å². The maximum Gasteiger partial charge on any atom is 0.418 e. The molecule has 0 saturated carbocycles. The smallest absolute Gasteiger partial charge is 0.410 e. The number of anilines is 1. The third kappa shape index (κ3) is 3.34. The molecular formula is C18H19N3O2. The van der Waals surface area contributed by atoms with E-state index in [4.69, 9.17) is 4.74 Å². The lowest BCUT2D eigenvalue weighted by atomic mass is 10.1. The summed E-state index contributed by atoms with van der Waals surface area (Å²) in [7, 11) is 0. The van der Waals surface area contributed by atoms with E-state index in [1.807, 2.05) is 44.2 Å². The van der Waals surface area contributed by atoms with Gasteiger partial charge in [-0.05, 0) is 44.9 Å². The zero-order valence-corrected chi connectivity index (χ0v) is 13.2. The largest absolute Gasteiger partial charge is 0.418 e. The molecule has 1 amide bonds. The van der Waals surface area contributed by atoms with E-state index < -0.39 is 6.09 Å². The van der Waals surface area contributed by atoms with Crippen LogP contribution in [0.15, 0.2) is 48.6 Å². The summed E-state index contributed by atoms with van der Waals surface area (Å²) in [6.07, 6.45) is 7.48. The van der Waals surface area contributed by atoms with Gasteiger partial charge < -0.3 is 4.74 Å². The van der Waals surface area contributed by atoms with Gasteiger partial charge in [-0.3, -0.25) is 5.32 Å². The van der Waals surface area contributed by atoms with Crippen molar-refractivity contribution in [3.63, 3.8) is 0 Å². The number of nitrogens with one attached hydrogen (secondary N) is 1. The quantitative estimate of drug-likeness (QED) is 0.919. The molecule has 3 rings (SSSR count). The molecule has 2 aromatic rings. The van der Waals surface area contributed by atoms with Gasteiger partial charge in [-0.15, -0.1) is 0 Å². The van der Waals surface area contributed by atoms with Gasteiger partial charge in [-0.25, -0.2) is 9.48 Å². The molecule has 0 atom stereocenters. The first-order valence-corrected chi connectivity index (χ1v) is 7.61. The number of rotatable bonds is 3. The Morgan fingerprint density at radius 1 is 1.26 bits per heavy atom. The molecule has 0 fully saturated rings. The maximum absolute atomic E-state index is 12.2. The van der Waals surface area contributed by atoms with E-state index in [0.29, 0.717) is 11.6 Å². The number of carbonyl (C=O) groups is 1. The van der Waals surface area contributed by atoms with Gasteiger partial charge in [0.25, 0.3) is 0 Å². The van der Waals surface area contributed by atoms with Gasteiger partial charge in [0.05, 0.1) is 5.69 Å². The normalized spacial score (nSPS) is 13.6. The van der Waals surface area contributed by atoms with Crippen LogP contribution in [-0.2, 0) is 0 Å². The van der Waals surface area contributed by atoms with Crippen LogP contribution >= 0.6 is 0 Å². The minimum Gasteiger partial charge on any atom is -0.410 e. The van der Waals surface area contributed by atoms with Crippen LogP contribution in [-0.4, -0.2) is 15.9 Å². The summed E-state index contributed by atoms with van der Waals surface area (Å²) in [6, 6.07) is 8.99. The van der Waals surface area contributed by atoms with Crippen LogP contribution in [0.1, 0.15) is 24.1 Å². The van der Waals surface area contributed by atoms with Gasteiger partial charge in [-0.1, -0.05) is 30.4 Å². The van der Waals surface area contributed by atoms with Crippen molar-refractivity contribution in [3.05, 3.63) is 59.8 Å². The Morgan fingerprint density at radius 2 is 2.04 bits per heavy atom. The highest BCUT2D eigenvalue weighted by molar-refractivity contribution is 5.87. The number of ether oxygens (including phenoxy) is 1. The van der Waals surface area contributed by atoms with E-state index in [0.717, 1.165) is 29.8 Å². The van der Waals surface area contributed by atoms with Gasteiger partial charge in [0, 0.05) is 11.3 Å². The highest BCUT2D eigenvalue weighted by Crippen LogP contribution is 2.26. The number of nitrogens with zero attached hydrogens (tertiary/aromatic N) is 2. The topological polar surface area (TPSA) is 56.2 Å². The first kappa shape index (κ1) is 15.1. The fraction of sp³-hybridized carbons (Fsp3) is 0.222. The first-order valence-electron chi connectivity index (χ1n) is 7.61. The Bertz CT molecular complexity index is 773. The van der Waals surface area contributed by atoms with Crippen molar-refractivity contribution in [3.8, 4) is 5.75 Å². The predicted molar refractivity (Wildman–Crippen MR) is 90.4 cm³/mol. The van der Waals surface area contributed by atoms with Crippen LogP contribution in [0.3, 0.4) is 0 Å². The van der Waals surface area contributed by atoms with E-state index >= 15 is 0 Å². The Kier molecular flexibility index (Phi) is 4.28. The molecule has 1 aliphatic carbocycles. The molecule has 0 radical (unpaired) electrons. The lowest BCUT2D eigenvalue weighted by Crippen LogP contribution is -2.20. The molecular weight excluding hydrogens is 290 g/mol. The van der Waals surface area contributed by atoms with Gasteiger partial charge in [0.1, 0.15) is 11.6 Å². The van der Waals surface area contributed by atoms with E-state index in [1.54, 1.807) is 16.8 Å². The first-order chi connectivity index (χ1) is 11.1. The number of allylic oxidation sites excluding steroid dienone is 4. The molecule has 23 heavy (non-hydrogen) atoms. The average Bonchev–Trinajstić information content (AvgIpc) is 2.85. The SMILES string of the molecule is Cc1nn(C2=CC=CCC2)c(NC(=O)Oc2ccccc2)c1C. The molecule has 0 bridgehead atoms. The van der Waals surface area contributed by atoms with Crippen LogP contribution in [0.25, 0.3) is 5.70 Å². The summed E-state index contributed by atoms with van der Waals surface area (Å²) in [4.78, 5) is 12.2. The molecule has 1 heterocycles. The monoisotopic (exact) mass is 309 g/mol. The van der Waals surface area contributed by atoms with Crippen LogP contribution in [0.5, 0.6) is 5.75 Å². The van der Waals surface area contributed by atoms with Crippen molar-refractivity contribution in [2.45, 2.75) is 26.7 Å². The summed E-state index contributed by atoms with van der Waals surface area (Å²) in [5.74, 6) is 1.16. The van der Waals surface area contributed by atoms with E-state index in [2.05, 4.69) is 16.5 Å². The molecule has 1 N–H and O–H groups in total. The van der Waals surface area contributed by atoms with Gasteiger partial charge in [0.2, 0.25) is 0 Å². The standard InChI is InChI=1S/C18H19N3O2/c1-13-14(2)20-21(15-9-5-3-6-10-15)17(13)19-18(22)23-16-11-7-4-8-12-16/h3-5,7-9,11-12H,6,10H2,1-2H3,(H,19,22). The minimum absolute atomic E-state index is 0.505. The van der Waals surface area contributed by atoms with Crippen LogP contribution in [0, 0.1) is 13.8 Å². The molecule has 0 unspecified atom stereocenters.